The summed E-state index contributed by atoms with van der Waals surface area (Å²) in [5.41, 5.74) is 0.353. The maximum atomic E-state index is 11.8. The average Bonchev–Trinajstić information content (AvgIpc) is 2.46. The van der Waals surface area contributed by atoms with Crippen LogP contribution in [0.4, 0.5) is 0 Å². The number of nitrogens with zero attached hydrogens (tertiary/aromatic N) is 3. The predicted octanol–water partition coefficient (Wildman–Crippen LogP) is -0.0729. The molecule has 2 rings (SSSR count). The molecule has 0 aliphatic carbocycles. The number of nitrogens with one attached hydrogen (secondary N) is 1. The summed E-state index contributed by atoms with van der Waals surface area (Å²) < 4.78 is 5.30. The van der Waals surface area contributed by atoms with Gasteiger partial charge in [0.05, 0.1) is 19.4 Å². The lowest BCUT2D eigenvalue weighted by molar-refractivity contribution is 0.0204. The van der Waals surface area contributed by atoms with Crippen molar-refractivity contribution in [3.05, 3.63) is 24.3 Å². The molecule has 6 heteroatoms. The van der Waals surface area contributed by atoms with Gasteiger partial charge >= 0.3 is 0 Å². The summed E-state index contributed by atoms with van der Waals surface area (Å²) in [7, 11) is 0. The van der Waals surface area contributed by atoms with Crippen molar-refractivity contribution in [2.24, 2.45) is 0 Å². The summed E-state index contributed by atoms with van der Waals surface area (Å²) in [4.78, 5) is 21.9. The van der Waals surface area contributed by atoms with E-state index in [4.69, 9.17) is 4.74 Å². The Morgan fingerprint density at radius 1 is 1.50 bits per heavy atom. The minimum absolute atomic E-state index is 0.178. The minimum Gasteiger partial charge on any atom is -0.379 e. The van der Waals surface area contributed by atoms with Crippen LogP contribution in [0, 0.1) is 0 Å². The van der Waals surface area contributed by atoms with E-state index in [2.05, 4.69) is 27.1 Å². The van der Waals surface area contributed by atoms with Gasteiger partial charge in [0.1, 0.15) is 5.69 Å². The van der Waals surface area contributed by atoms with E-state index in [1.54, 1.807) is 6.20 Å². The Labute approximate surface area is 106 Å². The van der Waals surface area contributed by atoms with Crippen molar-refractivity contribution in [1.82, 2.24) is 20.2 Å². The number of amides is 1. The molecule has 1 fully saturated rings. The summed E-state index contributed by atoms with van der Waals surface area (Å²) in [6.45, 7) is 6.08. The highest BCUT2D eigenvalue weighted by atomic mass is 16.5. The summed E-state index contributed by atoms with van der Waals surface area (Å²) in [5, 5.41) is 2.87. The topological polar surface area (TPSA) is 67.4 Å². The van der Waals surface area contributed by atoms with Gasteiger partial charge in [-0.1, -0.05) is 0 Å². The Bertz CT molecular complexity index is 379. The van der Waals surface area contributed by atoms with Gasteiger partial charge in [0.2, 0.25) is 0 Å². The second kappa shape index (κ2) is 6.42. The molecule has 1 atom stereocenters. The van der Waals surface area contributed by atoms with Crippen molar-refractivity contribution < 1.29 is 9.53 Å². The fourth-order valence-electron chi connectivity index (χ4n) is 1.89. The number of hydrogen-bond acceptors (Lipinski definition) is 5. The molecule has 1 aromatic heterocycles. The maximum Gasteiger partial charge on any atom is 0.271 e. The highest BCUT2D eigenvalue weighted by Crippen LogP contribution is 2.02. The minimum atomic E-state index is -0.178. The highest BCUT2D eigenvalue weighted by molar-refractivity contribution is 5.91. The van der Waals surface area contributed by atoms with Crippen LogP contribution in [0.15, 0.2) is 18.6 Å². The van der Waals surface area contributed by atoms with Crippen molar-refractivity contribution in [3.8, 4) is 0 Å². The van der Waals surface area contributed by atoms with Crippen LogP contribution in [0.25, 0.3) is 0 Å². The molecule has 1 aliphatic heterocycles. The number of ether oxygens (including phenoxy) is 1. The van der Waals surface area contributed by atoms with Gasteiger partial charge in [-0.15, -0.1) is 0 Å². The van der Waals surface area contributed by atoms with Crippen molar-refractivity contribution in [1.29, 1.82) is 0 Å². The predicted molar refractivity (Wildman–Crippen MR) is 66.2 cm³/mol. The molecule has 1 unspecified atom stereocenters. The first kappa shape index (κ1) is 12.9. The van der Waals surface area contributed by atoms with Gasteiger partial charge in [-0.25, -0.2) is 4.98 Å². The molecule has 0 bridgehead atoms. The third-order valence-electron chi connectivity index (χ3n) is 3.02. The zero-order chi connectivity index (χ0) is 12.8. The fourth-order valence-corrected chi connectivity index (χ4v) is 1.89. The lowest BCUT2D eigenvalue weighted by Gasteiger charge is -2.32. The zero-order valence-electron chi connectivity index (χ0n) is 10.5. The molecule has 0 saturated carbocycles. The number of carbonyl (C=O) groups excluding carboxylic acids is 1. The largest absolute Gasteiger partial charge is 0.379 e. The lowest BCUT2D eigenvalue weighted by atomic mass is 10.2. The van der Waals surface area contributed by atoms with Gasteiger partial charge < -0.3 is 10.1 Å². The molecule has 1 amide bonds. The molecule has 2 heterocycles. The molecule has 18 heavy (non-hydrogen) atoms. The van der Waals surface area contributed by atoms with Crippen LogP contribution >= 0.6 is 0 Å². The summed E-state index contributed by atoms with van der Waals surface area (Å²) in [5.74, 6) is -0.178. The van der Waals surface area contributed by atoms with Crippen LogP contribution in [0.5, 0.6) is 0 Å². The molecule has 1 N–H and O–H groups in total. The lowest BCUT2D eigenvalue weighted by Crippen LogP contribution is -2.47. The quantitative estimate of drug-likeness (QED) is 0.810. The summed E-state index contributed by atoms with van der Waals surface area (Å²) in [6.07, 6.45) is 4.53. The normalized spacial score (nSPS) is 18.3. The standard InChI is InChI=1S/C12H18N4O2/c1-10(16-4-6-18-7-5-16)8-15-12(17)11-9-13-2-3-14-11/h2-3,9-10H,4-8H2,1H3,(H,15,17). The molecular formula is C12H18N4O2. The number of carbonyl (C=O) groups is 1. The van der Waals surface area contributed by atoms with Crippen molar-refractivity contribution in [2.75, 3.05) is 32.8 Å². The number of hydrogen-bond donors (Lipinski definition) is 1. The molecule has 0 aromatic carbocycles. The third-order valence-corrected chi connectivity index (χ3v) is 3.02. The van der Waals surface area contributed by atoms with E-state index in [0.717, 1.165) is 26.3 Å². The van der Waals surface area contributed by atoms with Gasteiger partial charge in [-0.2, -0.15) is 0 Å². The molecule has 6 nitrogen and oxygen atoms in total. The first-order valence-electron chi connectivity index (χ1n) is 6.13. The molecular weight excluding hydrogens is 232 g/mol. The third kappa shape index (κ3) is 3.48. The average molecular weight is 250 g/mol. The van der Waals surface area contributed by atoms with Gasteiger partial charge in [0.15, 0.2) is 0 Å². The molecule has 0 radical (unpaired) electrons. The first-order chi connectivity index (χ1) is 8.77. The van der Waals surface area contributed by atoms with Crippen molar-refractivity contribution >= 4 is 5.91 Å². The number of aromatic nitrogens is 2. The SMILES string of the molecule is CC(CNC(=O)c1cnccn1)N1CCOCC1. The van der Waals surface area contributed by atoms with Crippen molar-refractivity contribution in [2.45, 2.75) is 13.0 Å². The maximum absolute atomic E-state index is 11.8. The van der Waals surface area contributed by atoms with Crippen LogP contribution in [-0.2, 0) is 4.74 Å². The van der Waals surface area contributed by atoms with Crippen LogP contribution in [-0.4, -0.2) is 59.7 Å². The monoisotopic (exact) mass is 250 g/mol. The van der Waals surface area contributed by atoms with E-state index in [1.807, 2.05) is 0 Å². The van der Waals surface area contributed by atoms with E-state index < -0.39 is 0 Å². The van der Waals surface area contributed by atoms with Crippen LogP contribution in [0.2, 0.25) is 0 Å². The Hall–Kier alpha value is -1.53. The van der Waals surface area contributed by atoms with E-state index in [0.29, 0.717) is 18.3 Å². The van der Waals surface area contributed by atoms with Crippen LogP contribution < -0.4 is 5.32 Å². The Kier molecular flexibility index (Phi) is 4.60. The van der Waals surface area contributed by atoms with E-state index in [9.17, 15) is 4.79 Å². The molecule has 1 aliphatic rings. The Morgan fingerprint density at radius 2 is 2.28 bits per heavy atom. The highest BCUT2D eigenvalue weighted by Gasteiger charge is 2.17. The Balaban J connectivity index is 1.78. The molecule has 1 aromatic rings. The Morgan fingerprint density at radius 3 is 2.94 bits per heavy atom. The summed E-state index contributed by atoms with van der Waals surface area (Å²) in [6, 6.07) is 0.300. The smallest absolute Gasteiger partial charge is 0.271 e. The van der Waals surface area contributed by atoms with E-state index in [-0.39, 0.29) is 5.91 Å². The van der Waals surface area contributed by atoms with Gasteiger partial charge in [-0.3, -0.25) is 14.7 Å². The first-order valence-corrected chi connectivity index (χ1v) is 6.13. The van der Waals surface area contributed by atoms with E-state index >= 15 is 0 Å². The fraction of sp³-hybridized carbons (Fsp3) is 0.583. The van der Waals surface area contributed by atoms with Crippen molar-refractivity contribution in [3.63, 3.8) is 0 Å². The summed E-state index contributed by atoms with van der Waals surface area (Å²) >= 11 is 0. The second-order valence-electron chi connectivity index (χ2n) is 4.30. The van der Waals surface area contributed by atoms with Crippen LogP contribution in [0.1, 0.15) is 17.4 Å². The zero-order valence-corrected chi connectivity index (χ0v) is 10.5. The molecule has 98 valence electrons. The van der Waals surface area contributed by atoms with Gasteiger partial charge in [-0.05, 0) is 6.92 Å². The number of rotatable bonds is 4. The van der Waals surface area contributed by atoms with E-state index in [1.165, 1.54) is 12.4 Å². The molecule has 1 saturated heterocycles. The van der Waals surface area contributed by atoms with Gasteiger partial charge in [0, 0.05) is 38.1 Å². The van der Waals surface area contributed by atoms with Crippen LogP contribution in [0.3, 0.4) is 0 Å². The second-order valence-corrected chi connectivity index (χ2v) is 4.30. The number of morpholine rings is 1. The molecule has 0 spiro atoms. The van der Waals surface area contributed by atoms with Gasteiger partial charge in [0.25, 0.3) is 5.91 Å².